The molecule has 0 saturated carbocycles. The van der Waals surface area contributed by atoms with E-state index in [4.69, 9.17) is 16.3 Å². The highest BCUT2D eigenvalue weighted by molar-refractivity contribution is 6.30. The molecule has 0 bridgehead atoms. The molecule has 0 aliphatic carbocycles. The number of carbonyl (C=O) groups is 1. The molecule has 0 saturated heterocycles. The molecule has 6 heteroatoms. The van der Waals surface area contributed by atoms with Crippen molar-refractivity contribution in [2.45, 2.75) is 6.61 Å². The Kier molecular flexibility index (Phi) is 4.77. The Morgan fingerprint density at radius 2 is 1.78 bits per heavy atom. The Hall–Kier alpha value is -3.31. The van der Waals surface area contributed by atoms with E-state index in [1.807, 2.05) is 53.1 Å². The highest BCUT2D eigenvalue weighted by Gasteiger charge is 2.13. The van der Waals surface area contributed by atoms with Gasteiger partial charge in [0.15, 0.2) is 0 Å². The molecule has 0 aliphatic rings. The number of fused-ring (bicyclic) bond motifs is 1. The van der Waals surface area contributed by atoms with Gasteiger partial charge in [0.2, 0.25) is 0 Å². The van der Waals surface area contributed by atoms with Gasteiger partial charge in [-0.15, -0.1) is 0 Å². The van der Waals surface area contributed by atoms with Crippen LogP contribution in [0, 0.1) is 0 Å². The van der Waals surface area contributed by atoms with Gasteiger partial charge in [-0.05, 0) is 36.4 Å². The number of rotatable bonds is 5. The van der Waals surface area contributed by atoms with Crippen molar-refractivity contribution in [1.82, 2.24) is 9.38 Å². The van der Waals surface area contributed by atoms with Crippen LogP contribution in [0.1, 0.15) is 16.1 Å². The first-order valence-electron chi connectivity index (χ1n) is 8.40. The standard InChI is InChI=1S/C21H16ClN3O2/c22-15-10-11-20-23-17(13-25(20)12-15)14-27-19-9-5-4-8-18(19)21(26)24-16-6-2-1-3-7-16/h1-13H,14H2,(H,24,26). The van der Waals surface area contributed by atoms with Gasteiger partial charge >= 0.3 is 0 Å². The van der Waals surface area contributed by atoms with Crippen LogP contribution < -0.4 is 10.1 Å². The minimum atomic E-state index is -0.224. The first kappa shape index (κ1) is 17.1. The maximum absolute atomic E-state index is 12.6. The van der Waals surface area contributed by atoms with Crippen LogP contribution in [0.15, 0.2) is 79.1 Å². The second-order valence-corrected chi connectivity index (χ2v) is 6.39. The van der Waals surface area contributed by atoms with Crippen molar-refractivity contribution in [3.8, 4) is 5.75 Å². The fraction of sp³-hybridized carbons (Fsp3) is 0.0476. The summed E-state index contributed by atoms with van der Waals surface area (Å²) in [6, 6.07) is 20.1. The summed E-state index contributed by atoms with van der Waals surface area (Å²) in [6.07, 6.45) is 3.64. The molecule has 2 heterocycles. The number of amides is 1. The number of nitrogens with one attached hydrogen (secondary N) is 1. The summed E-state index contributed by atoms with van der Waals surface area (Å²) in [5.41, 5.74) is 2.73. The number of aromatic nitrogens is 2. The highest BCUT2D eigenvalue weighted by Crippen LogP contribution is 2.21. The zero-order chi connectivity index (χ0) is 18.6. The first-order valence-corrected chi connectivity index (χ1v) is 8.78. The Morgan fingerprint density at radius 3 is 2.63 bits per heavy atom. The number of nitrogens with zero attached hydrogens (tertiary/aromatic N) is 2. The predicted molar refractivity (Wildman–Crippen MR) is 105 cm³/mol. The summed E-state index contributed by atoms with van der Waals surface area (Å²) in [6.45, 7) is 0.245. The second kappa shape index (κ2) is 7.51. The monoisotopic (exact) mass is 377 g/mol. The molecule has 0 fully saturated rings. The molecule has 27 heavy (non-hydrogen) atoms. The van der Waals surface area contributed by atoms with E-state index in [1.165, 1.54) is 0 Å². The van der Waals surface area contributed by atoms with Crippen molar-refractivity contribution in [2.24, 2.45) is 0 Å². The third-order valence-corrected chi connectivity index (χ3v) is 4.23. The second-order valence-electron chi connectivity index (χ2n) is 5.95. The van der Waals surface area contributed by atoms with Gasteiger partial charge in [-0.2, -0.15) is 0 Å². The lowest BCUT2D eigenvalue weighted by molar-refractivity contribution is 0.102. The Balaban J connectivity index is 1.51. The Labute approximate surface area is 161 Å². The van der Waals surface area contributed by atoms with Gasteiger partial charge in [0.1, 0.15) is 18.0 Å². The lowest BCUT2D eigenvalue weighted by Gasteiger charge is -2.11. The normalized spacial score (nSPS) is 10.7. The third kappa shape index (κ3) is 3.93. The number of anilines is 1. The molecule has 0 aliphatic heterocycles. The molecule has 2 aromatic carbocycles. The topological polar surface area (TPSA) is 55.6 Å². The molecular formula is C21H16ClN3O2. The molecule has 0 unspecified atom stereocenters. The van der Waals surface area contributed by atoms with E-state index in [0.717, 1.165) is 17.0 Å². The van der Waals surface area contributed by atoms with Gasteiger partial charge in [-0.1, -0.05) is 41.9 Å². The van der Waals surface area contributed by atoms with Crippen molar-refractivity contribution in [2.75, 3.05) is 5.32 Å². The van der Waals surface area contributed by atoms with E-state index < -0.39 is 0 Å². The molecule has 0 atom stereocenters. The summed E-state index contributed by atoms with van der Waals surface area (Å²) in [5, 5.41) is 3.51. The van der Waals surface area contributed by atoms with Crippen molar-refractivity contribution >= 4 is 28.8 Å². The summed E-state index contributed by atoms with van der Waals surface area (Å²) in [4.78, 5) is 17.1. The quantitative estimate of drug-likeness (QED) is 0.542. The van der Waals surface area contributed by atoms with Crippen molar-refractivity contribution in [3.05, 3.63) is 95.4 Å². The van der Waals surface area contributed by atoms with Crippen LogP contribution in [-0.4, -0.2) is 15.3 Å². The zero-order valence-electron chi connectivity index (χ0n) is 14.3. The third-order valence-electron chi connectivity index (χ3n) is 4.00. The summed E-state index contributed by atoms with van der Waals surface area (Å²) >= 11 is 6.00. The van der Waals surface area contributed by atoms with Crippen molar-refractivity contribution < 1.29 is 9.53 Å². The Morgan fingerprint density at radius 1 is 1.00 bits per heavy atom. The van der Waals surface area contributed by atoms with E-state index in [2.05, 4.69) is 10.3 Å². The summed E-state index contributed by atoms with van der Waals surface area (Å²) in [5.74, 6) is 0.277. The largest absolute Gasteiger partial charge is 0.486 e. The van der Waals surface area contributed by atoms with Gasteiger partial charge in [0.05, 0.1) is 16.3 Å². The average Bonchev–Trinajstić information content (AvgIpc) is 3.09. The number of hydrogen-bond donors (Lipinski definition) is 1. The molecule has 134 valence electrons. The minimum absolute atomic E-state index is 0.224. The molecule has 2 aromatic heterocycles. The van der Waals surface area contributed by atoms with Crippen molar-refractivity contribution in [1.29, 1.82) is 0 Å². The van der Waals surface area contributed by atoms with E-state index in [0.29, 0.717) is 16.3 Å². The molecule has 4 aromatic rings. The van der Waals surface area contributed by atoms with E-state index >= 15 is 0 Å². The van der Waals surface area contributed by atoms with E-state index in [1.54, 1.807) is 30.5 Å². The molecular weight excluding hydrogens is 362 g/mol. The van der Waals surface area contributed by atoms with Crippen LogP contribution in [0.25, 0.3) is 5.65 Å². The predicted octanol–water partition coefficient (Wildman–Crippen LogP) is 4.82. The van der Waals surface area contributed by atoms with Crippen LogP contribution in [0.2, 0.25) is 5.02 Å². The minimum Gasteiger partial charge on any atom is -0.486 e. The average molecular weight is 378 g/mol. The number of benzene rings is 2. The molecule has 5 nitrogen and oxygen atoms in total. The fourth-order valence-electron chi connectivity index (χ4n) is 2.74. The maximum atomic E-state index is 12.6. The number of imidazole rings is 1. The van der Waals surface area contributed by atoms with Gasteiger partial charge in [0, 0.05) is 18.1 Å². The number of para-hydroxylation sites is 2. The van der Waals surface area contributed by atoms with E-state index in [-0.39, 0.29) is 12.5 Å². The first-order chi connectivity index (χ1) is 13.2. The van der Waals surface area contributed by atoms with Crippen LogP contribution >= 0.6 is 11.6 Å². The summed E-state index contributed by atoms with van der Waals surface area (Å²) < 4.78 is 7.71. The molecule has 0 spiro atoms. The zero-order valence-corrected chi connectivity index (χ0v) is 15.1. The van der Waals surface area contributed by atoms with Gasteiger partial charge < -0.3 is 14.5 Å². The van der Waals surface area contributed by atoms with Crippen LogP contribution in [0.3, 0.4) is 0 Å². The molecule has 1 amide bonds. The van der Waals surface area contributed by atoms with Crippen LogP contribution in [0.4, 0.5) is 5.69 Å². The van der Waals surface area contributed by atoms with Crippen molar-refractivity contribution in [3.63, 3.8) is 0 Å². The SMILES string of the molecule is O=C(Nc1ccccc1)c1ccccc1OCc1cn2cc(Cl)ccc2n1. The number of ether oxygens (including phenoxy) is 1. The molecule has 0 radical (unpaired) electrons. The molecule has 4 rings (SSSR count). The number of pyridine rings is 1. The Bertz CT molecular complexity index is 1090. The lowest BCUT2D eigenvalue weighted by atomic mass is 10.2. The lowest BCUT2D eigenvalue weighted by Crippen LogP contribution is -2.13. The van der Waals surface area contributed by atoms with E-state index in [9.17, 15) is 4.79 Å². The fourth-order valence-corrected chi connectivity index (χ4v) is 2.91. The van der Waals surface area contributed by atoms with Gasteiger partial charge in [-0.3, -0.25) is 4.79 Å². The van der Waals surface area contributed by atoms with Gasteiger partial charge in [-0.25, -0.2) is 4.98 Å². The van der Waals surface area contributed by atoms with Crippen LogP contribution in [0.5, 0.6) is 5.75 Å². The number of halogens is 1. The summed E-state index contributed by atoms with van der Waals surface area (Å²) in [7, 11) is 0. The smallest absolute Gasteiger partial charge is 0.259 e. The number of hydrogen-bond acceptors (Lipinski definition) is 3. The van der Waals surface area contributed by atoms with Gasteiger partial charge in [0.25, 0.3) is 5.91 Å². The molecule has 1 N–H and O–H groups in total. The number of carbonyl (C=O) groups excluding carboxylic acids is 1. The highest BCUT2D eigenvalue weighted by atomic mass is 35.5. The maximum Gasteiger partial charge on any atom is 0.259 e. The van der Waals surface area contributed by atoms with Crippen LogP contribution in [-0.2, 0) is 6.61 Å².